The third-order valence-corrected chi connectivity index (χ3v) is 2.09. The quantitative estimate of drug-likeness (QED) is 0.469. The SMILES string of the molecule is NCCCCC=C1CCC1. The van der Waals surface area contributed by atoms with Gasteiger partial charge in [0.05, 0.1) is 0 Å². The molecule has 0 amide bonds. The minimum Gasteiger partial charge on any atom is -0.330 e. The van der Waals surface area contributed by atoms with Gasteiger partial charge in [-0.2, -0.15) is 0 Å². The summed E-state index contributed by atoms with van der Waals surface area (Å²) in [4.78, 5) is 0. The first-order valence-corrected chi connectivity index (χ1v) is 4.31. The first kappa shape index (κ1) is 7.80. The third kappa shape index (κ3) is 2.53. The van der Waals surface area contributed by atoms with Crippen molar-refractivity contribution in [3.05, 3.63) is 11.6 Å². The molecule has 10 heavy (non-hydrogen) atoms. The van der Waals surface area contributed by atoms with Crippen LogP contribution >= 0.6 is 0 Å². The molecular weight excluding hydrogens is 122 g/mol. The third-order valence-electron chi connectivity index (χ3n) is 2.09. The lowest BCUT2D eigenvalue weighted by Gasteiger charge is -2.15. The fourth-order valence-corrected chi connectivity index (χ4v) is 1.18. The highest BCUT2D eigenvalue weighted by Gasteiger charge is 2.05. The molecule has 0 unspecified atom stereocenters. The molecule has 1 aliphatic rings. The van der Waals surface area contributed by atoms with Gasteiger partial charge in [0.1, 0.15) is 0 Å². The maximum atomic E-state index is 5.37. The van der Waals surface area contributed by atoms with Crippen LogP contribution in [0.5, 0.6) is 0 Å². The van der Waals surface area contributed by atoms with Gasteiger partial charge in [0.25, 0.3) is 0 Å². The molecule has 0 aromatic carbocycles. The second-order valence-corrected chi connectivity index (χ2v) is 3.00. The van der Waals surface area contributed by atoms with E-state index >= 15 is 0 Å². The lowest BCUT2D eigenvalue weighted by Crippen LogP contribution is -1.98. The maximum absolute atomic E-state index is 5.37. The first-order chi connectivity index (χ1) is 4.93. The van der Waals surface area contributed by atoms with Gasteiger partial charge in [0.15, 0.2) is 0 Å². The van der Waals surface area contributed by atoms with Crippen molar-refractivity contribution >= 4 is 0 Å². The van der Waals surface area contributed by atoms with E-state index in [2.05, 4.69) is 6.08 Å². The van der Waals surface area contributed by atoms with Crippen LogP contribution in [0.15, 0.2) is 11.6 Å². The minimum absolute atomic E-state index is 0.850. The summed E-state index contributed by atoms with van der Waals surface area (Å²) in [6.07, 6.45) is 10.3. The monoisotopic (exact) mass is 139 g/mol. The molecule has 1 rings (SSSR count). The zero-order valence-corrected chi connectivity index (χ0v) is 6.60. The van der Waals surface area contributed by atoms with Crippen LogP contribution in [0, 0.1) is 0 Å². The molecule has 0 atom stereocenters. The van der Waals surface area contributed by atoms with E-state index in [1.807, 2.05) is 0 Å². The molecule has 0 saturated heterocycles. The Morgan fingerprint density at radius 1 is 1.30 bits per heavy atom. The second-order valence-electron chi connectivity index (χ2n) is 3.00. The molecule has 0 bridgehead atoms. The van der Waals surface area contributed by atoms with Crippen LogP contribution in [0.3, 0.4) is 0 Å². The van der Waals surface area contributed by atoms with E-state index < -0.39 is 0 Å². The van der Waals surface area contributed by atoms with Gasteiger partial charge >= 0.3 is 0 Å². The van der Waals surface area contributed by atoms with Gasteiger partial charge in [0.2, 0.25) is 0 Å². The molecule has 0 spiro atoms. The van der Waals surface area contributed by atoms with Crippen LogP contribution in [-0.4, -0.2) is 6.54 Å². The number of unbranched alkanes of at least 4 members (excludes halogenated alkanes) is 2. The summed E-state index contributed by atoms with van der Waals surface area (Å²) >= 11 is 0. The van der Waals surface area contributed by atoms with E-state index in [9.17, 15) is 0 Å². The lowest BCUT2D eigenvalue weighted by molar-refractivity contribution is 0.649. The molecule has 0 radical (unpaired) electrons. The molecule has 1 saturated carbocycles. The number of hydrogen-bond donors (Lipinski definition) is 1. The zero-order valence-electron chi connectivity index (χ0n) is 6.60. The Morgan fingerprint density at radius 2 is 2.10 bits per heavy atom. The van der Waals surface area contributed by atoms with Crippen LogP contribution in [0.1, 0.15) is 38.5 Å². The van der Waals surface area contributed by atoms with Crippen LogP contribution in [-0.2, 0) is 0 Å². The van der Waals surface area contributed by atoms with Crippen molar-refractivity contribution in [3.8, 4) is 0 Å². The van der Waals surface area contributed by atoms with Gasteiger partial charge in [-0.05, 0) is 45.1 Å². The fourth-order valence-electron chi connectivity index (χ4n) is 1.18. The van der Waals surface area contributed by atoms with Crippen molar-refractivity contribution in [3.63, 3.8) is 0 Å². The number of rotatable bonds is 4. The Labute approximate surface area is 63.3 Å². The molecule has 1 fully saturated rings. The number of nitrogens with two attached hydrogens (primary N) is 1. The van der Waals surface area contributed by atoms with Gasteiger partial charge < -0.3 is 5.73 Å². The molecule has 2 N–H and O–H groups in total. The van der Waals surface area contributed by atoms with E-state index in [1.54, 1.807) is 5.57 Å². The summed E-state index contributed by atoms with van der Waals surface area (Å²) in [6.45, 7) is 0.850. The predicted octanol–water partition coefficient (Wildman–Crippen LogP) is 2.23. The van der Waals surface area contributed by atoms with Crippen LogP contribution in [0.25, 0.3) is 0 Å². The zero-order chi connectivity index (χ0) is 7.23. The standard InChI is InChI=1S/C9H17N/c10-8-3-1-2-5-9-6-4-7-9/h5H,1-4,6-8,10H2. The van der Waals surface area contributed by atoms with Crippen molar-refractivity contribution in [1.29, 1.82) is 0 Å². The van der Waals surface area contributed by atoms with Crippen molar-refractivity contribution in [2.45, 2.75) is 38.5 Å². The summed E-state index contributed by atoms with van der Waals surface area (Å²) in [5.41, 5.74) is 7.05. The van der Waals surface area contributed by atoms with Crippen molar-refractivity contribution < 1.29 is 0 Å². The summed E-state index contributed by atoms with van der Waals surface area (Å²) in [5, 5.41) is 0. The van der Waals surface area contributed by atoms with E-state index in [0.29, 0.717) is 0 Å². The molecule has 0 aromatic rings. The lowest BCUT2D eigenvalue weighted by atomic mass is 9.91. The second kappa shape index (κ2) is 4.51. The van der Waals surface area contributed by atoms with E-state index in [4.69, 9.17) is 5.73 Å². The fraction of sp³-hybridized carbons (Fsp3) is 0.778. The predicted molar refractivity (Wildman–Crippen MR) is 44.8 cm³/mol. The molecule has 1 nitrogen and oxygen atoms in total. The molecule has 0 heterocycles. The average Bonchev–Trinajstić information content (AvgIpc) is 1.84. The number of hydrogen-bond acceptors (Lipinski definition) is 1. The van der Waals surface area contributed by atoms with Gasteiger partial charge in [-0.1, -0.05) is 11.6 Å². The summed E-state index contributed by atoms with van der Waals surface area (Å²) in [6, 6.07) is 0. The summed E-state index contributed by atoms with van der Waals surface area (Å²) in [7, 11) is 0. The Bertz CT molecular complexity index is 110. The minimum atomic E-state index is 0.850. The summed E-state index contributed by atoms with van der Waals surface area (Å²) < 4.78 is 0. The van der Waals surface area contributed by atoms with Crippen molar-refractivity contribution in [1.82, 2.24) is 0 Å². The van der Waals surface area contributed by atoms with E-state index in [1.165, 1.54) is 38.5 Å². The number of allylic oxidation sites excluding steroid dienone is 2. The molecule has 0 aromatic heterocycles. The molecular formula is C9H17N. The first-order valence-electron chi connectivity index (χ1n) is 4.31. The van der Waals surface area contributed by atoms with Crippen molar-refractivity contribution in [2.24, 2.45) is 5.73 Å². The highest BCUT2D eigenvalue weighted by molar-refractivity contribution is 5.08. The molecule has 58 valence electrons. The Morgan fingerprint density at radius 3 is 2.60 bits per heavy atom. The smallest absolute Gasteiger partial charge is 0.00772 e. The Hall–Kier alpha value is -0.300. The Balaban J connectivity index is 1.93. The van der Waals surface area contributed by atoms with E-state index in [0.717, 1.165) is 6.54 Å². The Kier molecular flexibility index (Phi) is 3.52. The van der Waals surface area contributed by atoms with Gasteiger partial charge in [-0.15, -0.1) is 0 Å². The van der Waals surface area contributed by atoms with Crippen LogP contribution in [0.2, 0.25) is 0 Å². The van der Waals surface area contributed by atoms with Crippen molar-refractivity contribution in [2.75, 3.05) is 6.54 Å². The van der Waals surface area contributed by atoms with E-state index in [-0.39, 0.29) is 0 Å². The average molecular weight is 139 g/mol. The highest BCUT2D eigenvalue weighted by Crippen LogP contribution is 2.25. The van der Waals surface area contributed by atoms with Crippen LogP contribution < -0.4 is 5.73 Å². The topological polar surface area (TPSA) is 26.0 Å². The van der Waals surface area contributed by atoms with Crippen LogP contribution in [0.4, 0.5) is 0 Å². The molecule has 1 aliphatic carbocycles. The highest BCUT2D eigenvalue weighted by atomic mass is 14.5. The van der Waals surface area contributed by atoms with Gasteiger partial charge in [-0.3, -0.25) is 0 Å². The maximum Gasteiger partial charge on any atom is -0.00772 e. The molecule has 0 aliphatic heterocycles. The largest absolute Gasteiger partial charge is 0.330 e. The molecule has 1 heteroatoms. The summed E-state index contributed by atoms with van der Waals surface area (Å²) in [5.74, 6) is 0. The van der Waals surface area contributed by atoms with Gasteiger partial charge in [-0.25, -0.2) is 0 Å². The normalized spacial score (nSPS) is 16.7. The van der Waals surface area contributed by atoms with Gasteiger partial charge in [0, 0.05) is 0 Å².